The van der Waals surface area contributed by atoms with Crippen LogP contribution in [0.5, 0.6) is 5.75 Å². The summed E-state index contributed by atoms with van der Waals surface area (Å²) in [5, 5.41) is 0. The molecular formula is C19H24O5. The van der Waals surface area contributed by atoms with Crippen LogP contribution in [-0.2, 0) is 18.9 Å². The summed E-state index contributed by atoms with van der Waals surface area (Å²) < 4.78 is 29.1. The van der Waals surface area contributed by atoms with Crippen molar-refractivity contribution in [2.75, 3.05) is 20.3 Å². The maximum Gasteiger partial charge on any atom is 0.184 e. The highest BCUT2D eigenvalue weighted by Crippen LogP contribution is 2.35. The highest BCUT2D eigenvalue weighted by Gasteiger charge is 2.44. The molecule has 0 spiro atoms. The monoisotopic (exact) mass is 332 g/mol. The lowest BCUT2D eigenvalue weighted by molar-refractivity contribution is -0.309. The van der Waals surface area contributed by atoms with E-state index in [2.05, 4.69) is 13.2 Å². The second-order valence-corrected chi connectivity index (χ2v) is 5.88. The van der Waals surface area contributed by atoms with E-state index in [0.29, 0.717) is 19.6 Å². The number of hydrogen-bond donors (Lipinski definition) is 0. The van der Waals surface area contributed by atoms with Gasteiger partial charge in [0.15, 0.2) is 6.29 Å². The fourth-order valence-electron chi connectivity index (χ4n) is 3.08. The van der Waals surface area contributed by atoms with Crippen molar-refractivity contribution in [2.24, 2.45) is 0 Å². The number of benzene rings is 1. The highest BCUT2D eigenvalue weighted by atomic mass is 16.7. The average molecular weight is 332 g/mol. The number of methoxy groups -OCH3 is 1. The van der Waals surface area contributed by atoms with Crippen LogP contribution < -0.4 is 4.74 Å². The number of fused-ring (bicyclic) bond motifs is 1. The van der Waals surface area contributed by atoms with E-state index in [-0.39, 0.29) is 24.4 Å². The second-order valence-electron chi connectivity index (χ2n) is 5.88. The summed E-state index contributed by atoms with van der Waals surface area (Å²) in [5.41, 5.74) is 0.947. The summed E-state index contributed by atoms with van der Waals surface area (Å²) in [6.45, 7) is 8.47. The Labute approximate surface area is 142 Å². The summed E-state index contributed by atoms with van der Waals surface area (Å²) in [4.78, 5) is 0. The molecule has 5 heteroatoms. The van der Waals surface area contributed by atoms with E-state index >= 15 is 0 Å². The van der Waals surface area contributed by atoms with E-state index in [4.69, 9.17) is 23.7 Å². The first-order valence-corrected chi connectivity index (χ1v) is 8.16. The first-order valence-electron chi connectivity index (χ1n) is 8.16. The Bertz CT molecular complexity index is 555. The quantitative estimate of drug-likeness (QED) is 0.749. The smallest absolute Gasteiger partial charge is 0.184 e. The van der Waals surface area contributed by atoms with Crippen LogP contribution >= 0.6 is 0 Å². The molecule has 130 valence electrons. The third kappa shape index (κ3) is 3.70. The van der Waals surface area contributed by atoms with Gasteiger partial charge in [0.2, 0.25) is 0 Å². The van der Waals surface area contributed by atoms with Crippen molar-refractivity contribution >= 4 is 0 Å². The molecule has 1 aromatic rings. The van der Waals surface area contributed by atoms with Crippen LogP contribution in [0, 0.1) is 0 Å². The lowest BCUT2D eigenvalue weighted by atomic mass is 9.96. The molecule has 3 rings (SSSR count). The van der Waals surface area contributed by atoms with Gasteiger partial charge < -0.3 is 23.7 Å². The minimum absolute atomic E-state index is 0.0502. The van der Waals surface area contributed by atoms with Gasteiger partial charge in [0, 0.05) is 12.0 Å². The van der Waals surface area contributed by atoms with E-state index in [9.17, 15) is 0 Å². The third-order valence-corrected chi connectivity index (χ3v) is 4.32. The van der Waals surface area contributed by atoms with E-state index < -0.39 is 6.29 Å². The molecular weight excluding hydrogens is 308 g/mol. The van der Waals surface area contributed by atoms with Gasteiger partial charge in [-0.25, -0.2) is 0 Å². The van der Waals surface area contributed by atoms with Crippen LogP contribution in [0.25, 0.3) is 0 Å². The standard InChI is InChI=1S/C19H24O5/c1-4-10-21-16-11-14(5-2)23-17-12-22-19(24-18(16)17)13-6-8-15(20-3)9-7-13/h4-9,14,16-19H,1-2,10-12H2,3H3/t14-,16+,17-,18+,19?/m1/s1. The molecule has 0 aromatic heterocycles. The number of hydrogen-bond acceptors (Lipinski definition) is 5. The molecule has 2 heterocycles. The first kappa shape index (κ1) is 17.2. The summed E-state index contributed by atoms with van der Waals surface area (Å²) in [6, 6.07) is 7.68. The Balaban J connectivity index is 1.72. The fourth-order valence-corrected chi connectivity index (χ4v) is 3.08. The molecule has 0 saturated carbocycles. The summed E-state index contributed by atoms with van der Waals surface area (Å²) in [7, 11) is 1.64. The minimum Gasteiger partial charge on any atom is -0.497 e. The lowest BCUT2D eigenvalue weighted by Gasteiger charge is -2.45. The Hall–Kier alpha value is -1.66. The van der Waals surface area contributed by atoms with Gasteiger partial charge in [0.05, 0.1) is 32.5 Å². The zero-order valence-electron chi connectivity index (χ0n) is 13.9. The van der Waals surface area contributed by atoms with Crippen LogP contribution in [0.15, 0.2) is 49.6 Å². The summed E-state index contributed by atoms with van der Waals surface area (Å²) in [6.07, 6.45) is 3.36. The molecule has 1 unspecified atom stereocenters. The zero-order chi connectivity index (χ0) is 16.9. The molecule has 5 nitrogen and oxygen atoms in total. The van der Waals surface area contributed by atoms with Gasteiger partial charge in [-0.2, -0.15) is 0 Å². The average Bonchev–Trinajstić information content (AvgIpc) is 2.65. The molecule has 2 saturated heterocycles. The van der Waals surface area contributed by atoms with E-state index in [1.807, 2.05) is 24.3 Å². The number of ether oxygens (including phenoxy) is 5. The van der Waals surface area contributed by atoms with Gasteiger partial charge >= 0.3 is 0 Å². The molecule has 0 radical (unpaired) electrons. The second kappa shape index (κ2) is 7.94. The Morgan fingerprint density at radius 3 is 2.67 bits per heavy atom. The van der Waals surface area contributed by atoms with Crippen LogP contribution in [0.2, 0.25) is 0 Å². The van der Waals surface area contributed by atoms with Crippen molar-refractivity contribution in [1.82, 2.24) is 0 Å². The lowest BCUT2D eigenvalue weighted by Crippen LogP contribution is -2.55. The maximum absolute atomic E-state index is 6.17. The zero-order valence-corrected chi connectivity index (χ0v) is 13.9. The van der Waals surface area contributed by atoms with Crippen molar-refractivity contribution in [2.45, 2.75) is 37.1 Å². The fraction of sp³-hybridized carbons (Fsp3) is 0.474. The van der Waals surface area contributed by atoms with Crippen LogP contribution in [0.1, 0.15) is 18.3 Å². The largest absolute Gasteiger partial charge is 0.497 e. The molecule has 0 bridgehead atoms. The predicted octanol–water partition coefficient (Wildman–Crippen LogP) is 3.02. The van der Waals surface area contributed by atoms with Crippen LogP contribution in [0.3, 0.4) is 0 Å². The summed E-state index contributed by atoms with van der Waals surface area (Å²) >= 11 is 0. The molecule has 24 heavy (non-hydrogen) atoms. The summed E-state index contributed by atoms with van der Waals surface area (Å²) in [5.74, 6) is 0.800. The molecule has 2 fully saturated rings. The van der Waals surface area contributed by atoms with Crippen LogP contribution in [0.4, 0.5) is 0 Å². The Morgan fingerprint density at radius 1 is 1.21 bits per heavy atom. The Kier molecular flexibility index (Phi) is 5.68. The molecule has 2 aliphatic heterocycles. The van der Waals surface area contributed by atoms with E-state index in [1.165, 1.54) is 0 Å². The maximum atomic E-state index is 6.17. The molecule has 1 aromatic carbocycles. The van der Waals surface area contributed by atoms with E-state index in [1.54, 1.807) is 19.3 Å². The van der Waals surface area contributed by atoms with Gasteiger partial charge in [-0.1, -0.05) is 24.3 Å². The SMILES string of the molecule is C=CCO[C@H]1C[C@@H](C=C)O[C@@H]2COC(c3ccc(OC)cc3)O[C@@H]12. The van der Waals surface area contributed by atoms with Crippen molar-refractivity contribution in [3.63, 3.8) is 0 Å². The Morgan fingerprint density at radius 2 is 2.00 bits per heavy atom. The number of rotatable bonds is 6. The van der Waals surface area contributed by atoms with Gasteiger partial charge in [-0.05, 0) is 12.1 Å². The molecule has 0 aliphatic carbocycles. The molecule has 2 aliphatic rings. The molecule has 0 N–H and O–H groups in total. The van der Waals surface area contributed by atoms with Crippen molar-refractivity contribution in [3.8, 4) is 5.75 Å². The van der Waals surface area contributed by atoms with Crippen LogP contribution in [-0.4, -0.2) is 44.7 Å². The predicted molar refractivity (Wildman–Crippen MR) is 90.0 cm³/mol. The molecule has 0 amide bonds. The normalized spacial score (nSPS) is 32.6. The third-order valence-electron chi connectivity index (χ3n) is 4.32. The van der Waals surface area contributed by atoms with Gasteiger partial charge in [-0.3, -0.25) is 0 Å². The minimum atomic E-state index is -0.434. The molecule has 5 atom stereocenters. The van der Waals surface area contributed by atoms with Crippen molar-refractivity contribution in [3.05, 3.63) is 55.1 Å². The van der Waals surface area contributed by atoms with E-state index in [0.717, 1.165) is 11.3 Å². The first-order chi connectivity index (χ1) is 11.7. The van der Waals surface area contributed by atoms with Crippen molar-refractivity contribution in [1.29, 1.82) is 0 Å². The van der Waals surface area contributed by atoms with Crippen molar-refractivity contribution < 1.29 is 23.7 Å². The van der Waals surface area contributed by atoms with Gasteiger partial charge in [0.1, 0.15) is 18.0 Å². The van der Waals surface area contributed by atoms with Gasteiger partial charge in [-0.15, -0.1) is 13.2 Å². The topological polar surface area (TPSA) is 46.2 Å². The van der Waals surface area contributed by atoms with Gasteiger partial charge in [0.25, 0.3) is 0 Å². The highest BCUT2D eigenvalue weighted by molar-refractivity contribution is 5.28.